The smallest absolute Gasteiger partial charge is 0.123 e. The highest BCUT2D eigenvalue weighted by molar-refractivity contribution is 7.13. The first-order valence-corrected chi connectivity index (χ1v) is 13.4. The van der Waals surface area contributed by atoms with E-state index in [1.807, 2.05) is 12.3 Å². The average molecular weight is 471 g/mol. The summed E-state index contributed by atoms with van der Waals surface area (Å²) in [6.45, 7) is 11.0. The molecule has 0 bridgehead atoms. The normalized spacial score (nSPS) is 16.2. The number of pyridine rings is 1. The Hall–Kier alpha value is -2.76. The van der Waals surface area contributed by atoms with E-state index in [1.54, 1.807) is 11.3 Å². The van der Waals surface area contributed by atoms with Gasteiger partial charge >= 0.3 is 0 Å². The molecule has 2 aromatic carbocycles. The fourth-order valence-corrected chi connectivity index (χ4v) is 5.94. The molecule has 1 fully saturated rings. The van der Waals surface area contributed by atoms with Gasteiger partial charge in [-0.3, -0.25) is 9.88 Å². The highest BCUT2D eigenvalue weighted by Crippen LogP contribution is 2.33. The number of benzene rings is 2. The standard InChI is InChI=1S/C29H34N4S/c1-4-26(25-20-34-29(31-25)22-10-6-5-7-11-22)32-14-9-15-33(17-16-32)27-19-24(21(2)3)18-23-12-8-13-30-28(23)27/h5-8,10-13,18-21,26H,4,9,14-17H2,1-3H3. The summed E-state index contributed by atoms with van der Waals surface area (Å²) in [4.78, 5) is 15.0. The lowest BCUT2D eigenvalue weighted by Gasteiger charge is -2.29. The molecule has 0 N–H and O–H groups in total. The van der Waals surface area contributed by atoms with Crippen molar-refractivity contribution in [2.24, 2.45) is 0 Å². The molecule has 1 aliphatic rings. The number of hydrogen-bond acceptors (Lipinski definition) is 5. The van der Waals surface area contributed by atoms with Crippen molar-refractivity contribution < 1.29 is 0 Å². The van der Waals surface area contributed by atoms with E-state index in [1.165, 1.54) is 27.9 Å². The number of hydrogen-bond donors (Lipinski definition) is 0. The van der Waals surface area contributed by atoms with Gasteiger partial charge in [-0.2, -0.15) is 0 Å². The summed E-state index contributed by atoms with van der Waals surface area (Å²) in [5.41, 5.74) is 6.23. The quantitative estimate of drug-likeness (QED) is 0.300. The van der Waals surface area contributed by atoms with Gasteiger partial charge in [-0.1, -0.05) is 57.2 Å². The highest BCUT2D eigenvalue weighted by atomic mass is 32.1. The summed E-state index contributed by atoms with van der Waals surface area (Å²) in [6, 6.07) is 19.8. The molecule has 0 aliphatic carbocycles. The topological polar surface area (TPSA) is 32.3 Å². The fraction of sp³-hybridized carbons (Fsp3) is 0.379. The first-order chi connectivity index (χ1) is 16.6. The lowest BCUT2D eigenvalue weighted by atomic mass is 9.99. The molecular formula is C29H34N4S. The number of thiazole rings is 1. The van der Waals surface area contributed by atoms with E-state index in [2.05, 4.69) is 84.5 Å². The van der Waals surface area contributed by atoms with Gasteiger partial charge in [0.1, 0.15) is 5.01 Å². The Morgan fingerprint density at radius 3 is 2.62 bits per heavy atom. The minimum absolute atomic E-state index is 0.366. The monoisotopic (exact) mass is 470 g/mol. The van der Waals surface area contributed by atoms with Crippen LogP contribution in [0.25, 0.3) is 21.5 Å². The lowest BCUT2D eigenvalue weighted by Crippen LogP contribution is -2.33. The zero-order valence-electron chi connectivity index (χ0n) is 20.4. The van der Waals surface area contributed by atoms with Gasteiger partial charge in [0.25, 0.3) is 0 Å². The second-order valence-corrected chi connectivity index (χ2v) is 10.4. The molecule has 0 saturated carbocycles. The van der Waals surface area contributed by atoms with Crippen LogP contribution in [0.5, 0.6) is 0 Å². The molecule has 34 heavy (non-hydrogen) atoms. The summed E-state index contributed by atoms with van der Waals surface area (Å²) in [5.74, 6) is 0.500. The van der Waals surface area contributed by atoms with Crippen molar-refractivity contribution >= 4 is 27.9 Å². The molecule has 1 saturated heterocycles. The third-order valence-electron chi connectivity index (χ3n) is 6.96. The Kier molecular flexibility index (Phi) is 6.93. The van der Waals surface area contributed by atoms with Gasteiger partial charge in [0.05, 0.1) is 22.9 Å². The predicted molar refractivity (Wildman–Crippen MR) is 145 cm³/mol. The van der Waals surface area contributed by atoms with E-state index in [0.29, 0.717) is 12.0 Å². The molecule has 0 amide bonds. The Labute approximate surface area is 207 Å². The summed E-state index contributed by atoms with van der Waals surface area (Å²) >= 11 is 1.76. The van der Waals surface area contributed by atoms with Crippen LogP contribution in [0.3, 0.4) is 0 Å². The van der Waals surface area contributed by atoms with E-state index in [-0.39, 0.29) is 0 Å². The Morgan fingerprint density at radius 1 is 0.971 bits per heavy atom. The van der Waals surface area contributed by atoms with Crippen LogP contribution in [0.15, 0.2) is 66.2 Å². The number of anilines is 1. The summed E-state index contributed by atoms with van der Waals surface area (Å²) in [5, 5.41) is 4.63. The van der Waals surface area contributed by atoms with Crippen molar-refractivity contribution in [3.8, 4) is 10.6 Å². The fourth-order valence-electron chi connectivity index (χ4n) is 5.07. The van der Waals surface area contributed by atoms with Crippen LogP contribution in [-0.4, -0.2) is 41.0 Å². The zero-order chi connectivity index (χ0) is 23.5. The van der Waals surface area contributed by atoms with Crippen molar-refractivity contribution in [3.05, 3.63) is 77.4 Å². The van der Waals surface area contributed by atoms with Crippen LogP contribution in [0.4, 0.5) is 5.69 Å². The highest BCUT2D eigenvalue weighted by Gasteiger charge is 2.25. The molecule has 0 radical (unpaired) electrons. The molecule has 0 spiro atoms. The van der Waals surface area contributed by atoms with Gasteiger partial charge in [-0.15, -0.1) is 11.3 Å². The predicted octanol–water partition coefficient (Wildman–Crippen LogP) is 7.15. The third-order valence-corrected chi connectivity index (χ3v) is 7.87. The van der Waals surface area contributed by atoms with Crippen molar-refractivity contribution in [1.82, 2.24) is 14.9 Å². The minimum atomic E-state index is 0.366. The van der Waals surface area contributed by atoms with Gasteiger partial charge in [0, 0.05) is 48.7 Å². The maximum absolute atomic E-state index is 5.06. The molecule has 1 unspecified atom stereocenters. The molecule has 2 aromatic heterocycles. The van der Waals surface area contributed by atoms with Gasteiger partial charge in [-0.25, -0.2) is 4.98 Å². The second-order valence-electron chi connectivity index (χ2n) is 9.51. The Bertz CT molecular complexity index is 1230. The van der Waals surface area contributed by atoms with Crippen LogP contribution < -0.4 is 4.90 Å². The van der Waals surface area contributed by atoms with E-state index >= 15 is 0 Å². The largest absolute Gasteiger partial charge is 0.368 e. The first-order valence-electron chi connectivity index (χ1n) is 12.5. The van der Waals surface area contributed by atoms with E-state index < -0.39 is 0 Å². The number of rotatable bonds is 6. The molecule has 176 valence electrons. The second kappa shape index (κ2) is 10.2. The number of fused-ring (bicyclic) bond motifs is 1. The van der Waals surface area contributed by atoms with Gasteiger partial charge in [0.15, 0.2) is 0 Å². The minimum Gasteiger partial charge on any atom is -0.368 e. The van der Waals surface area contributed by atoms with Crippen LogP contribution in [0, 0.1) is 0 Å². The average Bonchev–Trinajstić information content (AvgIpc) is 3.23. The van der Waals surface area contributed by atoms with Crippen LogP contribution in [-0.2, 0) is 0 Å². The molecule has 5 rings (SSSR count). The van der Waals surface area contributed by atoms with Crippen LogP contribution in [0.2, 0.25) is 0 Å². The molecule has 4 aromatic rings. The summed E-state index contributed by atoms with van der Waals surface area (Å²) < 4.78 is 0. The van der Waals surface area contributed by atoms with E-state index in [4.69, 9.17) is 9.97 Å². The van der Waals surface area contributed by atoms with Gasteiger partial charge < -0.3 is 4.90 Å². The SMILES string of the molecule is CCC(c1csc(-c2ccccc2)n1)N1CCCN(c2cc(C(C)C)cc3cccnc23)CC1. The lowest BCUT2D eigenvalue weighted by molar-refractivity contribution is 0.203. The molecule has 5 heteroatoms. The van der Waals surface area contributed by atoms with Gasteiger partial charge in [0.2, 0.25) is 0 Å². The van der Waals surface area contributed by atoms with Crippen LogP contribution >= 0.6 is 11.3 Å². The molecule has 1 aliphatic heterocycles. The molecular weight excluding hydrogens is 436 g/mol. The zero-order valence-corrected chi connectivity index (χ0v) is 21.3. The molecule has 4 nitrogen and oxygen atoms in total. The van der Waals surface area contributed by atoms with Crippen LogP contribution in [0.1, 0.15) is 56.8 Å². The maximum atomic E-state index is 5.06. The van der Waals surface area contributed by atoms with Crippen molar-refractivity contribution in [3.63, 3.8) is 0 Å². The summed E-state index contributed by atoms with van der Waals surface area (Å²) in [6.07, 6.45) is 4.14. The van der Waals surface area contributed by atoms with Crippen molar-refractivity contribution in [2.75, 3.05) is 31.1 Å². The number of nitrogens with zero attached hydrogens (tertiary/aromatic N) is 4. The Morgan fingerprint density at radius 2 is 1.82 bits per heavy atom. The Balaban J connectivity index is 1.37. The number of aromatic nitrogens is 2. The summed E-state index contributed by atoms with van der Waals surface area (Å²) in [7, 11) is 0. The molecule has 1 atom stereocenters. The maximum Gasteiger partial charge on any atom is 0.123 e. The first kappa shape index (κ1) is 23.0. The van der Waals surface area contributed by atoms with Crippen molar-refractivity contribution in [1.29, 1.82) is 0 Å². The molecule has 3 heterocycles. The van der Waals surface area contributed by atoms with E-state index in [0.717, 1.165) is 49.5 Å². The van der Waals surface area contributed by atoms with E-state index in [9.17, 15) is 0 Å². The van der Waals surface area contributed by atoms with Gasteiger partial charge in [-0.05, 0) is 42.5 Å². The van der Waals surface area contributed by atoms with Crippen molar-refractivity contribution in [2.45, 2.75) is 45.6 Å². The third kappa shape index (κ3) is 4.73.